The summed E-state index contributed by atoms with van der Waals surface area (Å²) in [5.41, 5.74) is 2.04. The van der Waals surface area contributed by atoms with Gasteiger partial charge in [-0.2, -0.15) is 0 Å². The van der Waals surface area contributed by atoms with Gasteiger partial charge in [0.15, 0.2) is 5.78 Å². The fourth-order valence-electron chi connectivity index (χ4n) is 1.78. The highest BCUT2D eigenvalue weighted by Crippen LogP contribution is 2.23. The van der Waals surface area contributed by atoms with Gasteiger partial charge in [-0.1, -0.05) is 29.8 Å². The number of Topliss-reactive ketones (excluding diaryl/α,β-unsaturated/α-hetero) is 1. The van der Waals surface area contributed by atoms with Gasteiger partial charge in [-0.15, -0.1) is 0 Å². The molecule has 0 saturated heterocycles. The van der Waals surface area contributed by atoms with Gasteiger partial charge < -0.3 is 0 Å². The number of ketones is 1. The van der Waals surface area contributed by atoms with Gasteiger partial charge in [0.25, 0.3) is 0 Å². The van der Waals surface area contributed by atoms with Gasteiger partial charge in [0, 0.05) is 22.4 Å². The van der Waals surface area contributed by atoms with E-state index in [-0.39, 0.29) is 5.78 Å². The van der Waals surface area contributed by atoms with Crippen LogP contribution in [0, 0.1) is 0 Å². The first-order valence-corrected chi connectivity index (χ1v) is 6.87. The summed E-state index contributed by atoms with van der Waals surface area (Å²) in [6, 6.07) is 10.6. The molecule has 0 spiro atoms. The van der Waals surface area contributed by atoms with Crippen LogP contribution in [0.4, 0.5) is 0 Å². The monoisotopic (exact) mass is 335 g/mol. The molecule has 0 amide bonds. The van der Waals surface area contributed by atoms with Crippen molar-refractivity contribution in [1.82, 2.24) is 4.98 Å². The number of carbonyl (C=O) groups excluding carboxylic acids is 1. The highest BCUT2D eigenvalue weighted by atomic mass is 79.9. The number of allylic oxidation sites excluding steroid dienone is 2. The summed E-state index contributed by atoms with van der Waals surface area (Å²) < 4.78 is 0.697. The van der Waals surface area contributed by atoms with Gasteiger partial charge in [-0.3, -0.25) is 4.79 Å². The zero-order valence-corrected chi connectivity index (χ0v) is 12.6. The van der Waals surface area contributed by atoms with Crippen molar-refractivity contribution in [2.24, 2.45) is 0 Å². The summed E-state index contributed by atoms with van der Waals surface area (Å²) in [4.78, 5) is 16.5. The molecule has 96 valence electrons. The summed E-state index contributed by atoms with van der Waals surface area (Å²) >= 11 is 9.22. The fourth-order valence-corrected chi connectivity index (χ4v) is 2.34. The number of hydrogen-bond donors (Lipinski definition) is 0. The largest absolute Gasteiger partial charge is 0.289 e. The molecule has 0 aliphatic heterocycles. The smallest absolute Gasteiger partial charge is 0.193 e. The molecular formula is C15H11BrClNO. The van der Waals surface area contributed by atoms with E-state index >= 15 is 0 Å². The Hall–Kier alpha value is -1.45. The van der Waals surface area contributed by atoms with E-state index in [9.17, 15) is 4.79 Å². The highest BCUT2D eigenvalue weighted by molar-refractivity contribution is 9.10. The summed E-state index contributed by atoms with van der Waals surface area (Å²) in [6.45, 7) is 1.84. The number of rotatable bonds is 3. The minimum Gasteiger partial charge on any atom is -0.289 e. The van der Waals surface area contributed by atoms with E-state index in [1.807, 2.05) is 19.1 Å². The van der Waals surface area contributed by atoms with Crippen LogP contribution in [-0.4, -0.2) is 10.8 Å². The molecule has 0 aliphatic carbocycles. The Morgan fingerprint density at radius 2 is 2.05 bits per heavy atom. The molecule has 1 aromatic carbocycles. The Bertz CT molecular complexity index is 652. The lowest BCUT2D eigenvalue weighted by Gasteiger charge is -2.07. The summed E-state index contributed by atoms with van der Waals surface area (Å²) in [6.07, 6.45) is 3.46. The van der Waals surface area contributed by atoms with Gasteiger partial charge >= 0.3 is 0 Å². The third-order valence-electron chi connectivity index (χ3n) is 2.66. The molecule has 0 saturated carbocycles. The Labute approximate surface area is 125 Å². The van der Waals surface area contributed by atoms with Crippen molar-refractivity contribution in [2.75, 3.05) is 0 Å². The van der Waals surface area contributed by atoms with Gasteiger partial charge in [0.05, 0.1) is 0 Å². The predicted molar refractivity (Wildman–Crippen MR) is 81.4 cm³/mol. The minimum atomic E-state index is -0.0527. The van der Waals surface area contributed by atoms with Crippen molar-refractivity contribution in [3.05, 3.63) is 69.4 Å². The number of hydrogen-bond acceptors (Lipinski definition) is 2. The molecule has 1 heterocycles. The first kappa shape index (κ1) is 14.0. The van der Waals surface area contributed by atoms with E-state index < -0.39 is 0 Å². The number of halogens is 2. The fraction of sp³-hybridized carbons (Fsp3) is 0.0667. The zero-order valence-electron chi connectivity index (χ0n) is 10.2. The van der Waals surface area contributed by atoms with Crippen LogP contribution in [0.15, 0.2) is 53.3 Å². The van der Waals surface area contributed by atoms with E-state index in [4.69, 9.17) is 11.6 Å². The van der Waals surface area contributed by atoms with Gasteiger partial charge in [-0.05, 0) is 52.7 Å². The lowest BCUT2D eigenvalue weighted by atomic mass is 9.97. The lowest BCUT2D eigenvalue weighted by molar-refractivity contribution is 0.105. The second kappa shape index (κ2) is 6.13. The molecule has 1 aromatic heterocycles. The molecule has 0 unspecified atom stereocenters. The second-order valence-electron chi connectivity index (χ2n) is 3.91. The van der Waals surface area contributed by atoms with Crippen LogP contribution >= 0.6 is 27.5 Å². The maximum absolute atomic E-state index is 12.5. The van der Waals surface area contributed by atoms with Crippen LogP contribution in [0.2, 0.25) is 5.02 Å². The van der Waals surface area contributed by atoms with Crippen molar-refractivity contribution >= 4 is 38.9 Å². The average molecular weight is 337 g/mol. The molecule has 4 heteroatoms. The Morgan fingerprint density at radius 1 is 1.26 bits per heavy atom. The highest BCUT2D eigenvalue weighted by Gasteiger charge is 2.14. The van der Waals surface area contributed by atoms with Crippen molar-refractivity contribution < 1.29 is 4.79 Å². The van der Waals surface area contributed by atoms with Crippen LogP contribution in [-0.2, 0) is 0 Å². The van der Waals surface area contributed by atoms with E-state index in [2.05, 4.69) is 20.9 Å². The molecular weight excluding hydrogens is 326 g/mol. The van der Waals surface area contributed by atoms with Crippen LogP contribution in [0.25, 0.3) is 5.57 Å². The molecule has 0 radical (unpaired) electrons. The molecule has 0 atom stereocenters. The van der Waals surface area contributed by atoms with Crippen LogP contribution < -0.4 is 0 Å². The minimum absolute atomic E-state index is 0.0527. The predicted octanol–water partition coefficient (Wildman–Crippen LogP) is 4.78. The first-order valence-electron chi connectivity index (χ1n) is 5.70. The van der Waals surface area contributed by atoms with E-state index in [0.29, 0.717) is 20.8 Å². The number of nitrogens with zero attached hydrogens (tertiary/aromatic N) is 1. The Balaban J connectivity index is 2.41. The standard InChI is InChI=1S/C15H11BrClNO/c1-2-13(10-6-7-18-14(16)9-10)15(19)11-4-3-5-12(17)8-11/h2-9H,1H3/b13-2-. The molecule has 0 N–H and O–H groups in total. The van der Waals surface area contributed by atoms with E-state index in [1.165, 1.54) is 0 Å². The van der Waals surface area contributed by atoms with Gasteiger partial charge in [0.2, 0.25) is 0 Å². The molecule has 19 heavy (non-hydrogen) atoms. The van der Waals surface area contributed by atoms with Gasteiger partial charge in [0.1, 0.15) is 4.60 Å². The molecule has 2 rings (SSSR count). The Morgan fingerprint density at radius 3 is 2.68 bits per heavy atom. The van der Waals surface area contributed by atoms with E-state index in [0.717, 1.165) is 5.56 Å². The summed E-state index contributed by atoms with van der Waals surface area (Å²) in [7, 11) is 0. The quantitative estimate of drug-likeness (QED) is 0.458. The normalized spacial score (nSPS) is 11.4. The molecule has 0 aliphatic rings. The Kier molecular flexibility index (Phi) is 4.51. The van der Waals surface area contributed by atoms with Crippen molar-refractivity contribution in [2.45, 2.75) is 6.92 Å². The number of aromatic nitrogens is 1. The second-order valence-corrected chi connectivity index (χ2v) is 5.16. The molecule has 0 fully saturated rings. The zero-order chi connectivity index (χ0) is 13.8. The molecule has 2 aromatic rings. The third kappa shape index (κ3) is 3.31. The molecule has 0 bridgehead atoms. The van der Waals surface area contributed by atoms with Crippen LogP contribution in [0.3, 0.4) is 0 Å². The van der Waals surface area contributed by atoms with Crippen LogP contribution in [0.1, 0.15) is 22.8 Å². The average Bonchev–Trinajstić information content (AvgIpc) is 2.39. The van der Waals surface area contributed by atoms with Crippen LogP contribution in [0.5, 0.6) is 0 Å². The number of benzene rings is 1. The topological polar surface area (TPSA) is 30.0 Å². The van der Waals surface area contributed by atoms with Gasteiger partial charge in [-0.25, -0.2) is 4.98 Å². The first-order chi connectivity index (χ1) is 9.11. The van der Waals surface area contributed by atoms with Crippen molar-refractivity contribution in [3.8, 4) is 0 Å². The SMILES string of the molecule is C/C=C(\C(=O)c1cccc(Cl)c1)c1ccnc(Br)c1. The molecule has 2 nitrogen and oxygen atoms in total. The maximum Gasteiger partial charge on any atom is 0.193 e. The van der Waals surface area contributed by atoms with E-state index in [1.54, 1.807) is 36.5 Å². The summed E-state index contributed by atoms with van der Waals surface area (Å²) in [5, 5.41) is 0.553. The third-order valence-corrected chi connectivity index (χ3v) is 3.33. The number of carbonyl (C=O) groups is 1. The number of pyridine rings is 1. The van der Waals surface area contributed by atoms with Crippen molar-refractivity contribution in [1.29, 1.82) is 0 Å². The van der Waals surface area contributed by atoms with Crippen molar-refractivity contribution in [3.63, 3.8) is 0 Å². The summed E-state index contributed by atoms with van der Waals surface area (Å²) in [5.74, 6) is -0.0527. The maximum atomic E-state index is 12.5. The lowest BCUT2D eigenvalue weighted by Crippen LogP contribution is -2.03.